The van der Waals surface area contributed by atoms with Crippen LogP contribution >= 0.6 is 46.6 Å². The van der Waals surface area contributed by atoms with E-state index in [-0.39, 0.29) is 15.2 Å². The monoisotopic (exact) mass is 454 g/mol. The van der Waals surface area contributed by atoms with E-state index in [9.17, 15) is 10.1 Å². The number of rotatable bonds is 5. The van der Waals surface area contributed by atoms with Crippen molar-refractivity contribution in [1.82, 2.24) is 4.90 Å². The number of nitro groups is 1. The summed E-state index contributed by atoms with van der Waals surface area (Å²) in [6, 6.07) is 15.9. The van der Waals surface area contributed by atoms with Crippen molar-refractivity contribution in [1.29, 1.82) is 0 Å². The van der Waals surface area contributed by atoms with Crippen LogP contribution in [0.2, 0.25) is 0 Å². The number of fused-ring (bicyclic) bond motifs is 1. The first-order valence-electron chi connectivity index (χ1n) is 8.53. The van der Waals surface area contributed by atoms with Gasteiger partial charge in [0.15, 0.2) is 10.1 Å². The van der Waals surface area contributed by atoms with E-state index in [4.69, 9.17) is 34.8 Å². The van der Waals surface area contributed by atoms with Crippen LogP contribution in [0.4, 0.5) is 0 Å². The van der Waals surface area contributed by atoms with Gasteiger partial charge in [0.25, 0.3) is 0 Å². The smallest absolute Gasteiger partial charge is 0.320 e. The maximum Gasteiger partial charge on any atom is 0.320 e. The van der Waals surface area contributed by atoms with Crippen LogP contribution in [-0.4, -0.2) is 16.4 Å². The Bertz CT molecular complexity index is 954. The lowest BCUT2D eigenvalue weighted by Gasteiger charge is -2.31. The fraction of sp³-hybridized carbons (Fsp3) is 0.200. The van der Waals surface area contributed by atoms with Gasteiger partial charge in [-0.2, -0.15) is 0 Å². The van der Waals surface area contributed by atoms with Crippen LogP contribution in [-0.2, 0) is 13.0 Å². The molecule has 3 rings (SSSR count). The minimum absolute atomic E-state index is 0.262. The van der Waals surface area contributed by atoms with Crippen molar-refractivity contribution in [2.75, 3.05) is 6.54 Å². The second-order valence-electron chi connectivity index (χ2n) is 6.34. The van der Waals surface area contributed by atoms with E-state index in [2.05, 4.69) is 6.07 Å². The first-order chi connectivity index (χ1) is 13.4. The van der Waals surface area contributed by atoms with Crippen LogP contribution in [0.15, 0.2) is 73.7 Å². The molecule has 0 saturated heterocycles. The van der Waals surface area contributed by atoms with Gasteiger partial charge in [-0.05, 0) is 36.6 Å². The van der Waals surface area contributed by atoms with E-state index >= 15 is 0 Å². The molecule has 0 unspecified atom stereocenters. The summed E-state index contributed by atoms with van der Waals surface area (Å²) in [7, 11) is 0. The molecule has 1 heterocycles. The molecular formula is C20H17Cl3N2O2S. The van der Waals surface area contributed by atoms with Gasteiger partial charge in [-0.1, -0.05) is 88.5 Å². The lowest BCUT2D eigenvalue weighted by molar-refractivity contribution is -0.421. The number of hydrogen-bond donors (Lipinski definition) is 0. The van der Waals surface area contributed by atoms with Gasteiger partial charge in [-0.25, -0.2) is 0 Å². The van der Waals surface area contributed by atoms with E-state index in [1.807, 2.05) is 54.3 Å². The van der Waals surface area contributed by atoms with E-state index in [1.54, 1.807) is 0 Å². The summed E-state index contributed by atoms with van der Waals surface area (Å²) in [4.78, 5) is 14.2. The van der Waals surface area contributed by atoms with Gasteiger partial charge >= 0.3 is 5.70 Å². The minimum atomic E-state index is -0.524. The Morgan fingerprint density at radius 1 is 1.07 bits per heavy atom. The number of allylic oxidation sites excluding steroid dienone is 1. The van der Waals surface area contributed by atoms with Crippen molar-refractivity contribution in [2.45, 2.75) is 24.8 Å². The summed E-state index contributed by atoms with van der Waals surface area (Å²) >= 11 is 19.1. The van der Waals surface area contributed by atoms with E-state index in [1.165, 1.54) is 17.3 Å². The van der Waals surface area contributed by atoms with Crippen molar-refractivity contribution in [3.8, 4) is 0 Å². The Morgan fingerprint density at radius 3 is 2.32 bits per heavy atom. The van der Waals surface area contributed by atoms with Crippen molar-refractivity contribution >= 4 is 46.6 Å². The fourth-order valence-corrected chi connectivity index (χ4v) is 4.44. The molecule has 0 atom stereocenters. The van der Waals surface area contributed by atoms with Crippen LogP contribution in [0, 0.1) is 17.0 Å². The Labute approximate surface area is 182 Å². The standard InChI is InChI=1S/C20H17Cl3N2O2S/c1-13-6-8-16(9-7-13)28-20(18(25(26)27)17(21)19(22)23)24-11-10-14-4-2-3-5-15(14)12-24/h2-9H,10-12H2,1H3. The number of hydrogen-bond acceptors (Lipinski definition) is 4. The maximum atomic E-state index is 11.9. The number of thioether (sulfide) groups is 1. The lowest BCUT2D eigenvalue weighted by atomic mass is 10.0. The maximum absolute atomic E-state index is 11.9. The number of halogens is 3. The highest BCUT2D eigenvalue weighted by Crippen LogP contribution is 2.39. The molecule has 0 saturated carbocycles. The van der Waals surface area contributed by atoms with Crippen molar-refractivity contribution in [3.63, 3.8) is 0 Å². The third-order valence-corrected chi connectivity index (χ3v) is 6.50. The Kier molecular flexibility index (Phi) is 6.94. The second kappa shape index (κ2) is 9.23. The van der Waals surface area contributed by atoms with Crippen LogP contribution < -0.4 is 0 Å². The zero-order chi connectivity index (χ0) is 20.3. The molecule has 0 aliphatic carbocycles. The van der Waals surface area contributed by atoms with Crippen molar-refractivity contribution in [3.05, 3.63) is 95.6 Å². The van der Waals surface area contributed by atoms with Crippen LogP contribution in [0.1, 0.15) is 16.7 Å². The largest absolute Gasteiger partial charge is 0.356 e. The van der Waals surface area contributed by atoms with Crippen LogP contribution in [0.5, 0.6) is 0 Å². The van der Waals surface area contributed by atoms with Gasteiger partial charge in [0, 0.05) is 18.0 Å². The van der Waals surface area contributed by atoms with Gasteiger partial charge in [0.2, 0.25) is 0 Å². The summed E-state index contributed by atoms with van der Waals surface area (Å²) in [6.07, 6.45) is 0.787. The molecular weight excluding hydrogens is 439 g/mol. The highest BCUT2D eigenvalue weighted by molar-refractivity contribution is 8.03. The summed E-state index contributed by atoms with van der Waals surface area (Å²) in [6.45, 7) is 3.17. The van der Waals surface area contributed by atoms with Gasteiger partial charge in [-0.3, -0.25) is 10.1 Å². The quantitative estimate of drug-likeness (QED) is 0.224. The second-order valence-corrected chi connectivity index (χ2v) is 8.73. The molecule has 0 aromatic heterocycles. The highest BCUT2D eigenvalue weighted by Gasteiger charge is 2.31. The number of benzene rings is 2. The molecule has 0 N–H and O–H groups in total. The molecule has 28 heavy (non-hydrogen) atoms. The Hall–Kier alpha value is -1.66. The third kappa shape index (κ3) is 4.84. The Morgan fingerprint density at radius 2 is 1.71 bits per heavy atom. The minimum Gasteiger partial charge on any atom is -0.356 e. The van der Waals surface area contributed by atoms with Gasteiger partial charge in [0.05, 0.1) is 4.92 Å². The highest BCUT2D eigenvalue weighted by atomic mass is 35.5. The molecule has 0 spiro atoms. The first kappa shape index (κ1) is 21.1. The summed E-state index contributed by atoms with van der Waals surface area (Å²) < 4.78 is -0.326. The van der Waals surface area contributed by atoms with Crippen molar-refractivity contribution in [2.24, 2.45) is 0 Å². The number of aryl methyl sites for hydroxylation is 1. The van der Waals surface area contributed by atoms with Crippen LogP contribution in [0.25, 0.3) is 0 Å². The fourth-order valence-electron chi connectivity index (χ4n) is 2.99. The topological polar surface area (TPSA) is 46.4 Å². The van der Waals surface area contributed by atoms with Gasteiger partial charge in [0.1, 0.15) is 4.49 Å². The molecule has 2 aromatic rings. The molecule has 0 amide bonds. The van der Waals surface area contributed by atoms with Gasteiger partial charge < -0.3 is 4.90 Å². The Balaban J connectivity index is 2.08. The molecule has 0 fully saturated rings. The first-order valence-corrected chi connectivity index (χ1v) is 10.5. The van der Waals surface area contributed by atoms with E-state index in [0.29, 0.717) is 18.1 Å². The molecule has 0 bridgehead atoms. The molecule has 4 nitrogen and oxygen atoms in total. The summed E-state index contributed by atoms with van der Waals surface area (Å²) in [5, 5.41) is 12.1. The molecule has 8 heteroatoms. The normalized spacial score (nSPS) is 14.2. The molecule has 0 radical (unpaired) electrons. The molecule has 1 aliphatic rings. The van der Waals surface area contributed by atoms with E-state index in [0.717, 1.165) is 22.4 Å². The zero-order valence-corrected chi connectivity index (χ0v) is 18.1. The average Bonchev–Trinajstić information content (AvgIpc) is 2.68. The zero-order valence-electron chi connectivity index (χ0n) is 15.0. The van der Waals surface area contributed by atoms with Gasteiger partial charge in [-0.15, -0.1) is 0 Å². The third-order valence-electron chi connectivity index (χ3n) is 4.41. The predicted molar refractivity (Wildman–Crippen MR) is 116 cm³/mol. The lowest BCUT2D eigenvalue weighted by Crippen LogP contribution is -2.30. The summed E-state index contributed by atoms with van der Waals surface area (Å²) in [5.41, 5.74) is 3.21. The predicted octanol–water partition coefficient (Wildman–Crippen LogP) is 6.48. The number of nitrogens with zero attached hydrogens (tertiary/aromatic N) is 2. The van der Waals surface area contributed by atoms with Crippen LogP contribution in [0.3, 0.4) is 0 Å². The average molecular weight is 456 g/mol. The van der Waals surface area contributed by atoms with Crippen molar-refractivity contribution < 1.29 is 4.92 Å². The molecule has 1 aliphatic heterocycles. The van der Waals surface area contributed by atoms with E-state index < -0.39 is 4.92 Å². The molecule has 2 aromatic carbocycles. The summed E-state index contributed by atoms with van der Waals surface area (Å²) in [5.74, 6) is 0. The SMILES string of the molecule is Cc1ccc(SC(=C(C(Cl)=C(Cl)Cl)[N+](=O)[O-])N2CCc3ccccc3C2)cc1. The molecule has 146 valence electrons.